The molecule has 10 aromatic rings. The third kappa shape index (κ3) is 3.26. The Bertz CT molecular complexity index is 3460. The molecule has 1 unspecified atom stereocenters. The highest BCUT2D eigenvalue weighted by Gasteiger charge is 2.32. The van der Waals surface area contributed by atoms with Crippen molar-refractivity contribution in [2.75, 3.05) is 0 Å². The molecule has 13 rings (SSSR count). The highest BCUT2D eigenvalue weighted by atomic mass is 32.1. The summed E-state index contributed by atoms with van der Waals surface area (Å²) in [4.78, 5) is 11.3. The molecule has 0 N–H and O–H groups in total. The average molecular weight is 668 g/mol. The van der Waals surface area contributed by atoms with Crippen LogP contribution in [-0.4, -0.2) is 14.5 Å². The fourth-order valence-corrected chi connectivity index (χ4v) is 10.5. The maximum absolute atomic E-state index is 6.59. The van der Waals surface area contributed by atoms with Crippen LogP contribution < -0.4 is 10.6 Å². The Kier molecular flexibility index (Phi) is 4.83. The van der Waals surface area contributed by atoms with Gasteiger partial charge in [-0.1, -0.05) is 97.1 Å². The third-order valence-electron chi connectivity index (χ3n) is 11.4. The fourth-order valence-electron chi connectivity index (χ4n) is 9.38. The predicted octanol–water partition coefficient (Wildman–Crippen LogP) is 10.6. The Labute approximate surface area is 294 Å². The van der Waals surface area contributed by atoms with Crippen LogP contribution in [0, 0.1) is 5.92 Å². The molecule has 1 atom stereocenters. The quantitative estimate of drug-likeness (QED) is 0.172. The van der Waals surface area contributed by atoms with Gasteiger partial charge in [-0.2, -0.15) is 0 Å². The highest BCUT2D eigenvalue weighted by molar-refractivity contribution is 7.25. The molecular weight excluding hydrogens is 643 g/mol. The molecule has 4 nitrogen and oxygen atoms in total. The van der Waals surface area contributed by atoms with Gasteiger partial charge in [-0.15, -0.1) is 11.3 Å². The number of furan rings is 1. The van der Waals surface area contributed by atoms with Gasteiger partial charge in [0.25, 0.3) is 0 Å². The lowest BCUT2D eigenvalue weighted by Gasteiger charge is -2.24. The first-order valence-electron chi connectivity index (χ1n) is 17.5. The highest BCUT2D eigenvalue weighted by Crippen LogP contribution is 2.47. The van der Waals surface area contributed by atoms with E-state index < -0.39 is 0 Å². The smallest absolute Gasteiger partial charge is 0.165 e. The van der Waals surface area contributed by atoms with Crippen LogP contribution >= 0.6 is 11.3 Å². The molecule has 0 saturated carbocycles. The molecule has 0 amide bonds. The summed E-state index contributed by atoms with van der Waals surface area (Å²) in [5.74, 6) is 1.16. The monoisotopic (exact) mass is 667 g/mol. The van der Waals surface area contributed by atoms with Gasteiger partial charge in [-0.3, -0.25) is 4.57 Å². The van der Waals surface area contributed by atoms with E-state index in [9.17, 15) is 0 Å². The van der Waals surface area contributed by atoms with Crippen molar-refractivity contribution in [2.45, 2.75) is 6.42 Å². The summed E-state index contributed by atoms with van der Waals surface area (Å²) in [6.07, 6.45) is 10.3. The molecule has 0 radical (unpaired) electrons. The number of fused-ring (bicyclic) bond motifs is 7. The number of hydrogen-bond donors (Lipinski definition) is 0. The van der Waals surface area contributed by atoms with E-state index in [4.69, 9.17) is 14.4 Å². The fraction of sp³-hybridized carbons (Fsp3) is 0.0435. The number of rotatable bonds is 2. The van der Waals surface area contributed by atoms with Crippen LogP contribution in [0.1, 0.15) is 12.0 Å². The van der Waals surface area contributed by atoms with Crippen LogP contribution in [0.5, 0.6) is 0 Å². The van der Waals surface area contributed by atoms with E-state index in [1.165, 1.54) is 63.6 Å². The van der Waals surface area contributed by atoms with E-state index in [0.29, 0.717) is 5.92 Å². The lowest BCUT2D eigenvalue weighted by Crippen LogP contribution is -2.36. The van der Waals surface area contributed by atoms with Gasteiger partial charge >= 0.3 is 0 Å². The first-order valence-corrected chi connectivity index (χ1v) is 18.3. The molecule has 5 heteroatoms. The van der Waals surface area contributed by atoms with Crippen LogP contribution in [0.2, 0.25) is 0 Å². The maximum Gasteiger partial charge on any atom is 0.165 e. The zero-order valence-corrected chi connectivity index (χ0v) is 28.0. The van der Waals surface area contributed by atoms with Gasteiger partial charge in [0.2, 0.25) is 0 Å². The van der Waals surface area contributed by atoms with Gasteiger partial charge in [-0.05, 0) is 64.9 Å². The lowest BCUT2D eigenvalue weighted by atomic mass is 9.80. The maximum atomic E-state index is 6.59. The average Bonchev–Trinajstić information content (AvgIpc) is 3.83. The normalized spacial score (nSPS) is 16.1. The van der Waals surface area contributed by atoms with Crippen LogP contribution in [0.3, 0.4) is 0 Å². The Morgan fingerprint density at radius 2 is 1.53 bits per heavy atom. The van der Waals surface area contributed by atoms with Crippen molar-refractivity contribution in [1.82, 2.24) is 14.5 Å². The van der Waals surface area contributed by atoms with Gasteiger partial charge in [0, 0.05) is 58.4 Å². The van der Waals surface area contributed by atoms with E-state index in [0.717, 1.165) is 62.0 Å². The van der Waals surface area contributed by atoms with Crippen molar-refractivity contribution < 1.29 is 4.42 Å². The molecule has 4 heterocycles. The minimum Gasteiger partial charge on any atom is -0.456 e. The standard InChI is InChI=1S/C46H25N3OS/c1-2-10-26-24(8-1)18-20-31-44(26)48-46(45(47-31)30-14-7-17-37-39(30)29-11-3-4-16-36(29)51-37)49-32-21-19-25-9-5-12-27-28-13-6-15-34-40(28)43-35(50-34)23-22-33(49)42(43)41(32)38(25)27/h1-18,20-23,25H,19H2. The van der Waals surface area contributed by atoms with Gasteiger partial charge in [0.15, 0.2) is 5.82 Å². The second-order valence-corrected chi connectivity index (χ2v) is 15.0. The molecule has 0 aliphatic heterocycles. The molecule has 51 heavy (non-hydrogen) atoms. The van der Waals surface area contributed by atoms with Crippen molar-refractivity contribution in [3.05, 3.63) is 144 Å². The Hall–Kier alpha value is -6.30. The van der Waals surface area contributed by atoms with Crippen molar-refractivity contribution in [3.63, 3.8) is 0 Å². The topological polar surface area (TPSA) is 43.9 Å². The Morgan fingerprint density at radius 1 is 0.686 bits per heavy atom. The van der Waals surface area contributed by atoms with Crippen molar-refractivity contribution in [3.8, 4) is 17.1 Å². The summed E-state index contributed by atoms with van der Waals surface area (Å²) >= 11 is 1.84. The van der Waals surface area contributed by atoms with E-state index in [-0.39, 0.29) is 0 Å². The van der Waals surface area contributed by atoms with E-state index in [1.807, 2.05) is 11.3 Å². The van der Waals surface area contributed by atoms with E-state index in [2.05, 4.69) is 138 Å². The van der Waals surface area contributed by atoms with Gasteiger partial charge in [0.1, 0.15) is 16.9 Å². The number of hydrogen-bond acceptors (Lipinski definition) is 4. The molecule has 236 valence electrons. The van der Waals surface area contributed by atoms with Gasteiger partial charge in [-0.25, -0.2) is 9.97 Å². The molecule has 0 saturated heterocycles. The number of thiophene rings is 1. The Morgan fingerprint density at radius 3 is 2.51 bits per heavy atom. The van der Waals surface area contributed by atoms with E-state index >= 15 is 0 Å². The molecule has 4 aromatic heterocycles. The minimum atomic E-state index is 0.306. The first kappa shape index (κ1) is 26.6. The van der Waals surface area contributed by atoms with Crippen molar-refractivity contribution >= 4 is 103 Å². The molecule has 6 aromatic carbocycles. The summed E-state index contributed by atoms with van der Waals surface area (Å²) in [5, 5.41) is 10.9. The summed E-state index contributed by atoms with van der Waals surface area (Å²) in [7, 11) is 0. The molecule has 3 aliphatic rings. The summed E-state index contributed by atoms with van der Waals surface area (Å²) < 4.78 is 11.5. The van der Waals surface area contributed by atoms with Crippen LogP contribution in [-0.2, 0) is 0 Å². The van der Waals surface area contributed by atoms with Gasteiger partial charge in [0.05, 0.1) is 21.9 Å². The number of nitrogens with zero attached hydrogens (tertiary/aromatic N) is 3. The van der Waals surface area contributed by atoms with Crippen LogP contribution in [0.25, 0.3) is 109 Å². The number of allylic oxidation sites excluding steroid dienone is 4. The first-order chi connectivity index (χ1) is 25.3. The minimum absolute atomic E-state index is 0.306. The molecule has 0 spiro atoms. The van der Waals surface area contributed by atoms with Crippen LogP contribution in [0.4, 0.5) is 0 Å². The molecule has 3 aliphatic carbocycles. The third-order valence-corrected chi connectivity index (χ3v) is 12.6. The second kappa shape index (κ2) is 9.27. The summed E-state index contributed by atoms with van der Waals surface area (Å²) in [6.45, 7) is 0. The zero-order valence-electron chi connectivity index (χ0n) is 27.1. The lowest BCUT2D eigenvalue weighted by molar-refractivity contribution is 0.669. The molecular formula is C46H25N3OS. The summed E-state index contributed by atoms with van der Waals surface area (Å²) in [5.41, 5.74) is 10.7. The second-order valence-electron chi connectivity index (χ2n) is 14.0. The molecule has 0 bridgehead atoms. The van der Waals surface area contributed by atoms with Crippen molar-refractivity contribution in [2.24, 2.45) is 5.92 Å². The van der Waals surface area contributed by atoms with Crippen molar-refractivity contribution in [1.29, 1.82) is 0 Å². The largest absolute Gasteiger partial charge is 0.456 e. The zero-order chi connectivity index (χ0) is 32.9. The summed E-state index contributed by atoms with van der Waals surface area (Å²) in [6, 6.07) is 39.1. The predicted molar refractivity (Wildman–Crippen MR) is 212 cm³/mol. The molecule has 0 fully saturated rings. The van der Waals surface area contributed by atoms with Gasteiger partial charge < -0.3 is 4.42 Å². The number of benzene rings is 6. The Balaban J connectivity index is 1.27. The van der Waals surface area contributed by atoms with E-state index in [1.54, 1.807) is 0 Å². The van der Waals surface area contributed by atoms with Crippen LogP contribution in [0.15, 0.2) is 132 Å². The number of aromatic nitrogens is 3. The SMILES string of the molecule is C1=CC2CC=c3c4c5c6c(ccc5n3-c3nc5c(ccc7ccccc75)nc3-c3cccc5sc7ccccc7c35)oc3cccc(c36)C(=C1)C=42.